The van der Waals surface area contributed by atoms with E-state index < -0.39 is 16.1 Å². The monoisotopic (exact) mass is 308 g/mol. The summed E-state index contributed by atoms with van der Waals surface area (Å²) >= 11 is 0. The maximum atomic E-state index is 9.98. The average Bonchev–Trinajstić information content (AvgIpc) is 2.34. The summed E-state index contributed by atoms with van der Waals surface area (Å²) in [5.41, 5.74) is 3.45. The van der Waals surface area contributed by atoms with Gasteiger partial charge in [-0.05, 0) is 43.3 Å². The van der Waals surface area contributed by atoms with Crippen LogP contribution in [0.15, 0.2) is 21.5 Å². The van der Waals surface area contributed by atoms with Gasteiger partial charge in [0.05, 0.1) is 16.1 Å². The Morgan fingerprint density at radius 2 is 1.45 bits per heavy atom. The highest BCUT2D eigenvalue weighted by Gasteiger charge is 2.39. The first-order chi connectivity index (χ1) is 9.16. The van der Waals surface area contributed by atoms with Crippen molar-refractivity contribution in [2.45, 2.75) is 71.4 Å². The summed E-state index contributed by atoms with van der Waals surface area (Å²) in [5, 5.41) is 13.5. The predicted molar refractivity (Wildman–Crippen MR) is 94.4 cm³/mol. The minimum atomic E-state index is -1.34. The van der Waals surface area contributed by atoms with Crippen molar-refractivity contribution < 1.29 is 5.11 Å². The van der Waals surface area contributed by atoms with Crippen LogP contribution in [-0.4, -0.2) is 27.9 Å². The van der Waals surface area contributed by atoms with E-state index in [4.69, 9.17) is 0 Å². The van der Waals surface area contributed by atoms with Crippen molar-refractivity contribution in [3.63, 3.8) is 0 Å². The Kier molecular flexibility index (Phi) is 4.53. The maximum Gasteiger partial charge on any atom is 0.0733 e. The first-order valence-corrected chi connectivity index (χ1v) is 15.2. The molecule has 0 unspecified atom stereocenters. The van der Waals surface area contributed by atoms with Crippen LogP contribution >= 0.6 is 0 Å². The smallest absolute Gasteiger partial charge is 0.0733 e. The molecule has 2 aliphatic rings. The Morgan fingerprint density at radius 3 is 1.90 bits per heavy atom. The van der Waals surface area contributed by atoms with E-state index in [-0.39, 0.29) is 0 Å². The van der Waals surface area contributed by atoms with Crippen molar-refractivity contribution in [1.29, 1.82) is 0 Å². The van der Waals surface area contributed by atoms with Crippen LogP contribution in [0, 0.1) is 5.92 Å². The van der Waals surface area contributed by atoms with E-state index >= 15 is 0 Å². The van der Waals surface area contributed by atoms with Crippen LogP contribution in [0.5, 0.6) is 0 Å². The van der Waals surface area contributed by atoms with E-state index in [1.165, 1.54) is 25.7 Å². The lowest BCUT2D eigenvalue weighted by molar-refractivity contribution is 0.247. The van der Waals surface area contributed by atoms with Crippen LogP contribution in [-0.2, 0) is 0 Å². The number of rotatable bonds is 3. The van der Waals surface area contributed by atoms with Crippen LogP contribution < -0.4 is 0 Å². The third kappa shape index (κ3) is 3.05. The first kappa shape index (κ1) is 16.2. The van der Waals surface area contributed by atoms with Gasteiger partial charge in [0.15, 0.2) is 0 Å². The fourth-order valence-electron chi connectivity index (χ4n) is 4.23. The van der Waals surface area contributed by atoms with E-state index in [0.717, 1.165) is 6.42 Å². The van der Waals surface area contributed by atoms with Gasteiger partial charge in [0.2, 0.25) is 0 Å². The van der Waals surface area contributed by atoms with Gasteiger partial charge >= 0.3 is 0 Å². The van der Waals surface area contributed by atoms with Gasteiger partial charge in [0, 0.05) is 12.5 Å². The maximum absolute atomic E-state index is 9.98. The topological polar surface area (TPSA) is 20.2 Å². The van der Waals surface area contributed by atoms with Gasteiger partial charge < -0.3 is 5.11 Å². The van der Waals surface area contributed by atoms with Gasteiger partial charge in [-0.1, -0.05) is 49.7 Å². The van der Waals surface area contributed by atoms with Crippen molar-refractivity contribution >= 4 is 16.1 Å². The van der Waals surface area contributed by atoms with Gasteiger partial charge in [0.1, 0.15) is 0 Å². The van der Waals surface area contributed by atoms with Crippen molar-refractivity contribution in [1.82, 2.24) is 0 Å². The van der Waals surface area contributed by atoms with Crippen LogP contribution in [0.3, 0.4) is 0 Å². The Morgan fingerprint density at radius 1 is 0.900 bits per heavy atom. The van der Waals surface area contributed by atoms with Crippen molar-refractivity contribution in [3.05, 3.63) is 21.5 Å². The second kappa shape index (κ2) is 5.58. The number of hydrogen-bond acceptors (Lipinski definition) is 1. The zero-order chi connectivity index (χ0) is 15.1. The van der Waals surface area contributed by atoms with Gasteiger partial charge in [-0.2, -0.15) is 0 Å². The molecule has 0 aromatic carbocycles. The molecular formula is C17H32OSi2. The summed E-state index contributed by atoms with van der Waals surface area (Å²) in [4.78, 5) is 0. The predicted octanol–water partition coefficient (Wildman–Crippen LogP) is 4.92. The number of aliphatic hydroxyl groups is 1. The van der Waals surface area contributed by atoms with Gasteiger partial charge in [0.25, 0.3) is 0 Å². The standard InChI is InChI=1S/C17H32OSi2/c1-19(2,3)16-11-13(12-18)17(20(4,5)6)15-10-8-7-9-14(15)16/h13,18H,7-12H2,1-6H3/t13-/m1/s1. The molecular weight excluding hydrogens is 276 g/mol. The Balaban J connectivity index is 2.62. The lowest BCUT2D eigenvalue weighted by Gasteiger charge is -2.42. The molecule has 0 aliphatic heterocycles. The molecule has 0 radical (unpaired) electrons. The highest BCUT2D eigenvalue weighted by Crippen LogP contribution is 2.47. The third-order valence-corrected chi connectivity index (χ3v) is 9.59. The Hall–Kier alpha value is -0.126. The fraction of sp³-hybridized carbons (Fsp3) is 0.765. The molecule has 20 heavy (non-hydrogen) atoms. The summed E-state index contributed by atoms with van der Waals surface area (Å²) in [5.74, 6) is 0.431. The molecule has 0 bridgehead atoms. The molecule has 0 saturated heterocycles. The molecule has 0 heterocycles. The lowest BCUT2D eigenvalue weighted by atomic mass is 9.81. The molecule has 3 heteroatoms. The Bertz CT molecular complexity index is 447. The van der Waals surface area contributed by atoms with Crippen molar-refractivity contribution in [3.8, 4) is 0 Å². The molecule has 1 atom stereocenters. The highest BCUT2D eigenvalue weighted by molar-refractivity contribution is 6.84. The molecule has 1 nitrogen and oxygen atoms in total. The summed E-state index contributed by atoms with van der Waals surface area (Å²) in [6.07, 6.45) is 6.46. The molecule has 1 N–H and O–H groups in total. The molecule has 0 aromatic rings. The number of fused-ring (bicyclic) bond motifs is 1. The molecule has 2 aliphatic carbocycles. The number of hydrogen-bond donors (Lipinski definition) is 1. The van der Waals surface area contributed by atoms with Crippen LogP contribution in [0.2, 0.25) is 39.3 Å². The number of aliphatic hydroxyl groups excluding tert-OH is 1. The van der Waals surface area contributed by atoms with E-state index in [9.17, 15) is 5.11 Å². The van der Waals surface area contributed by atoms with Gasteiger partial charge in [-0.3, -0.25) is 0 Å². The third-order valence-electron chi connectivity index (χ3n) is 4.95. The quantitative estimate of drug-likeness (QED) is 0.734. The van der Waals surface area contributed by atoms with Crippen LogP contribution in [0.1, 0.15) is 32.1 Å². The second-order valence-corrected chi connectivity index (χ2v) is 18.8. The molecule has 2 rings (SSSR count). The molecule has 114 valence electrons. The van der Waals surface area contributed by atoms with Crippen LogP contribution in [0.25, 0.3) is 0 Å². The van der Waals surface area contributed by atoms with E-state index in [0.29, 0.717) is 12.5 Å². The Labute approximate surface area is 127 Å². The normalized spacial score (nSPS) is 25.1. The van der Waals surface area contributed by atoms with E-state index in [1.807, 2.05) is 0 Å². The first-order valence-electron chi connectivity index (χ1n) is 8.23. The largest absolute Gasteiger partial charge is 0.396 e. The highest BCUT2D eigenvalue weighted by atomic mass is 28.3. The SMILES string of the molecule is C[Si](C)(C)C1=C2CCCCC2=C([Si](C)(C)C)[C@@H](CO)C1. The summed E-state index contributed by atoms with van der Waals surface area (Å²) in [6, 6.07) is 0. The van der Waals surface area contributed by atoms with E-state index in [2.05, 4.69) is 39.3 Å². The summed E-state index contributed by atoms with van der Waals surface area (Å²) in [7, 11) is -2.60. The zero-order valence-electron chi connectivity index (χ0n) is 14.3. The zero-order valence-corrected chi connectivity index (χ0v) is 16.3. The van der Waals surface area contributed by atoms with E-state index in [1.54, 1.807) is 21.5 Å². The summed E-state index contributed by atoms with van der Waals surface area (Å²) < 4.78 is 0. The lowest BCUT2D eigenvalue weighted by Crippen LogP contribution is -2.39. The average molecular weight is 309 g/mol. The fourth-order valence-corrected chi connectivity index (χ4v) is 8.87. The second-order valence-electron chi connectivity index (χ2n) is 8.64. The van der Waals surface area contributed by atoms with Gasteiger partial charge in [-0.15, -0.1) is 0 Å². The van der Waals surface area contributed by atoms with Crippen molar-refractivity contribution in [2.24, 2.45) is 5.92 Å². The molecule has 0 amide bonds. The molecule has 1 fully saturated rings. The minimum absolute atomic E-state index is 0.352. The van der Waals surface area contributed by atoms with Crippen LogP contribution in [0.4, 0.5) is 0 Å². The number of allylic oxidation sites excluding steroid dienone is 3. The minimum Gasteiger partial charge on any atom is -0.396 e. The summed E-state index contributed by atoms with van der Waals surface area (Å²) in [6.45, 7) is 15.2. The van der Waals surface area contributed by atoms with Gasteiger partial charge in [-0.25, -0.2) is 0 Å². The molecule has 0 aromatic heterocycles. The van der Waals surface area contributed by atoms with Crippen molar-refractivity contribution in [2.75, 3.05) is 6.61 Å². The molecule has 1 saturated carbocycles. The molecule has 0 spiro atoms.